The van der Waals surface area contributed by atoms with Crippen molar-refractivity contribution < 1.29 is 23.1 Å². The van der Waals surface area contributed by atoms with Crippen LogP contribution in [0.25, 0.3) is 0 Å². The number of carbonyl (C=O) groups excluding carboxylic acids is 1. The number of benzene rings is 1. The summed E-state index contributed by atoms with van der Waals surface area (Å²) in [6.07, 6.45) is 1.04. The predicted octanol–water partition coefficient (Wildman–Crippen LogP) is 0.671. The monoisotopic (exact) mass is 397 g/mol. The fourth-order valence-corrected chi connectivity index (χ4v) is 4.40. The van der Waals surface area contributed by atoms with Crippen molar-refractivity contribution in [2.75, 3.05) is 32.7 Å². The van der Waals surface area contributed by atoms with Gasteiger partial charge in [-0.3, -0.25) is 9.69 Å². The van der Waals surface area contributed by atoms with Crippen molar-refractivity contribution >= 4 is 21.9 Å². The number of nitrogens with one attached hydrogen (secondary N) is 1. The van der Waals surface area contributed by atoms with E-state index in [0.717, 1.165) is 5.56 Å². The molecule has 2 N–H and O–H groups in total. The van der Waals surface area contributed by atoms with Gasteiger partial charge in [0, 0.05) is 26.2 Å². The van der Waals surface area contributed by atoms with Crippen molar-refractivity contribution in [2.45, 2.75) is 37.6 Å². The summed E-state index contributed by atoms with van der Waals surface area (Å²) in [5, 5.41) is 11.6. The van der Waals surface area contributed by atoms with Crippen molar-refractivity contribution in [1.29, 1.82) is 0 Å². The second-order valence-electron chi connectivity index (χ2n) is 6.74. The molecule has 1 aromatic carbocycles. The van der Waals surface area contributed by atoms with Crippen molar-refractivity contribution in [3.05, 3.63) is 29.8 Å². The lowest BCUT2D eigenvalue weighted by atomic mass is 10.1. The molecule has 27 heavy (non-hydrogen) atoms. The molecular formula is C18H27N3O5S. The Morgan fingerprint density at radius 2 is 1.74 bits per heavy atom. The number of hydrogen-bond donors (Lipinski definition) is 2. The van der Waals surface area contributed by atoms with Crippen LogP contribution < -0.4 is 5.32 Å². The summed E-state index contributed by atoms with van der Waals surface area (Å²) in [4.78, 5) is 25.3. The van der Waals surface area contributed by atoms with Gasteiger partial charge < -0.3 is 10.4 Å². The highest BCUT2D eigenvalue weighted by atomic mass is 32.2. The molecule has 9 heteroatoms. The van der Waals surface area contributed by atoms with Crippen LogP contribution in [-0.4, -0.2) is 73.4 Å². The molecule has 1 aliphatic heterocycles. The third-order valence-electron chi connectivity index (χ3n) is 4.57. The van der Waals surface area contributed by atoms with Crippen molar-refractivity contribution in [3.8, 4) is 0 Å². The van der Waals surface area contributed by atoms with E-state index in [9.17, 15) is 18.0 Å². The van der Waals surface area contributed by atoms with E-state index in [4.69, 9.17) is 5.11 Å². The van der Waals surface area contributed by atoms with E-state index in [0.29, 0.717) is 39.0 Å². The Bertz CT molecular complexity index is 756. The quantitative estimate of drug-likeness (QED) is 0.668. The molecule has 0 aromatic heterocycles. The summed E-state index contributed by atoms with van der Waals surface area (Å²) < 4.78 is 26.8. The Morgan fingerprint density at radius 1 is 1.15 bits per heavy atom. The SMILES string of the molecule is CCCC(NC(=O)CN1CCN(S(=O)(=O)c2ccc(C)cc2)CC1)C(=O)O. The third kappa shape index (κ3) is 5.75. The first-order valence-electron chi connectivity index (χ1n) is 9.05. The molecule has 1 aliphatic rings. The van der Waals surface area contributed by atoms with E-state index < -0.39 is 22.0 Å². The standard InChI is InChI=1S/C18H27N3O5S/c1-3-4-16(18(23)24)19-17(22)13-20-9-11-21(12-10-20)27(25,26)15-7-5-14(2)6-8-15/h5-8,16H,3-4,9-13H2,1-2H3,(H,19,22)(H,23,24). The molecule has 0 aliphatic carbocycles. The fraction of sp³-hybridized carbons (Fsp3) is 0.556. The average Bonchev–Trinajstić information content (AvgIpc) is 2.62. The molecular weight excluding hydrogens is 370 g/mol. The van der Waals surface area contributed by atoms with Crippen molar-refractivity contribution in [1.82, 2.24) is 14.5 Å². The third-order valence-corrected chi connectivity index (χ3v) is 6.48. The first-order chi connectivity index (χ1) is 12.7. The number of carbonyl (C=O) groups is 2. The Morgan fingerprint density at radius 3 is 2.26 bits per heavy atom. The topological polar surface area (TPSA) is 107 Å². The molecule has 0 bridgehead atoms. The normalized spacial score (nSPS) is 17.4. The van der Waals surface area contributed by atoms with Crippen LogP contribution in [0, 0.1) is 6.92 Å². The van der Waals surface area contributed by atoms with Gasteiger partial charge in [0.1, 0.15) is 6.04 Å². The van der Waals surface area contributed by atoms with Crippen LogP contribution in [0.3, 0.4) is 0 Å². The maximum absolute atomic E-state index is 12.7. The molecule has 0 spiro atoms. The van der Waals surface area contributed by atoms with Gasteiger partial charge in [-0.15, -0.1) is 0 Å². The minimum atomic E-state index is -3.54. The van der Waals surface area contributed by atoms with Crippen LogP contribution in [-0.2, 0) is 19.6 Å². The van der Waals surface area contributed by atoms with Gasteiger partial charge in [0.2, 0.25) is 15.9 Å². The number of nitrogens with zero attached hydrogens (tertiary/aromatic N) is 2. The van der Waals surface area contributed by atoms with Crippen LogP contribution in [0.4, 0.5) is 0 Å². The Balaban J connectivity index is 1.88. The molecule has 1 aromatic rings. The lowest BCUT2D eigenvalue weighted by molar-refractivity contribution is -0.142. The largest absolute Gasteiger partial charge is 0.480 e. The van der Waals surface area contributed by atoms with Gasteiger partial charge in [-0.1, -0.05) is 31.0 Å². The van der Waals surface area contributed by atoms with Crippen LogP contribution in [0.2, 0.25) is 0 Å². The molecule has 1 fully saturated rings. The van der Waals surface area contributed by atoms with Crippen molar-refractivity contribution in [2.24, 2.45) is 0 Å². The van der Waals surface area contributed by atoms with Gasteiger partial charge >= 0.3 is 5.97 Å². The highest BCUT2D eigenvalue weighted by Crippen LogP contribution is 2.18. The molecule has 150 valence electrons. The number of carboxylic acids is 1. The van der Waals surface area contributed by atoms with E-state index in [1.807, 2.05) is 18.7 Å². The van der Waals surface area contributed by atoms with E-state index >= 15 is 0 Å². The summed E-state index contributed by atoms with van der Waals surface area (Å²) in [6, 6.07) is 5.85. The number of rotatable bonds is 8. The number of sulfonamides is 1. The Hall–Kier alpha value is -1.97. The van der Waals surface area contributed by atoms with Gasteiger partial charge in [0.25, 0.3) is 0 Å². The van der Waals surface area contributed by atoms with Gasteiger partial charge in [0.15, 0.2) is 0 Å². The fourth-order valence-electron chi connectivity index (χ4n) is 2.98. The van der Waals surface area contributed by atoms with E-state index in [1.165, 1.54) is 4.31 Å². The minimum Gasteiger partial charge on any atom is -0.480 e. The van der Waals surface area contributed by atoms with E-state index in [2.05, 4.69) is 5.32 Å². The molecule has 1 heterocycles. The first kappa shape index (κ1) is 21.3. The number of piperazine rings is 1. The highest BCUT2D eigenvalue weighted by Gasteiger charge is 2.29. The minimum absolute atomic E-state index is 0.0614. The average molecular weight is 397 g/mol. The van der Waals surface area contributed by atoms with Crippen LogP contribution >= 0.6 is 0 Å². The second kappa shape index (κ2) is 9.29. The van der Waals surface area contributed by atoms with Crippen LogP contribution in [0.1, 0.15) is 25.3 Å². The summed E-state index contributed by atoms with van der Waals surface area (Å²) >= 11 is 0. The van der Waals surface area contributed by atoms with Gasteiger partial charge in [-0.25, -0.2) is 13.2 Å². The summed E-state index contributed by atoms with van der Waals surface area (Å²) in [5.41, 5.74) is 0.993. The van der Waals surface area contributed by atoms with Gasteiger partial charge in [0.05, 0.1) is 11.4 Å². The van der Waals surface area contributed by atoms with Gasteiger partial charge in [-0.2, -0.15) is 4.31 Å². The molecule has 1 saturated heterocycles. The Kier molecular flexibility index (Phi) is 7.34. The molecule has 0 radical (unpaired) electrons. The smallest absolute Gasteiger partial charge is 0.326 e. The second-order valence-corrected chi connectivity index (χ2v) is 8.68. The number of amides is 1. The first-order valence-corrected chi connectivity index (χ1v) is 10.5. The predicted molar refractivity (Wildman–Crippen MR) is 101 cm³/mol. The lowest BCUT2D eigenvalue weighted by Gasteiger charge is -2.33. The summed E-state index contributed by atoms with van der Waals surface area (Å²) in [5.74, 6) is -1.40. The molecule has 2 rings (SSSR count). The van der Waals surface area contributed by atoms with E-state index in [1.54, 1.807) is 24.3 Å². The molecule has 0 saturated carbocycles. The number of carboxylic acid groups (broad SMARTS) is 1. The summed E-state index contributed by atoms with van der Waals surface area (Å²) in [7, 11) is -3.54. The zero-order valence-electron chi connectivity index (χ0n) is 15.7. The molecule has 1 amide bonds. The van der Waals surface area contributed by atoms with Crippen LogP contribution in [0.5, 0.6) is 0 Å². The van der Waals surface area contributed by atoms with Crippen molar-refractivity contribution in [3.63, 3.8) is 0 Å². The maximum Gasteiger partial charge on any atom is 0.326 e. The van der Waals surface area contributed by atoms with Crippen LogP contribution in [0.15, 0.2) is 29.2 Å². The zero-order valence-corrected chi connectivity index (χ0v) is 16.5. The maximum atomic E-state index is 12.7. The van der Waals surface area contributed by atoms with Gasteiger partial charge in [-0.05, 0) is 25.5 Å². The summed E-state index contributed by atoms with van der Waals surface area (Å²) in [6.45, 7) is 5.24. The van der Waals surface area contributed by atoms with E-state index in [-0.39, 0.29) is 17.3 Å². The number of aryl methyl sites for hydroxylation is 1. The Labute approximate surface area is 160 Å². The molecule has 8 nitrogen and oxygen atoms in total. The number of hydrogen-bond acceptors (Lipinski definition) is 5. The number of aliphatic carboxylic acids is 1. The highest BCUT2D eigenvalue weighted by molar-refractivity contribution is 7.89. The zero-order chi connectivity index (χ0) is 20.0. The molecule has 1 atom stereocenters. The lowest BCUT2D eigenvalue weighted by Crippen LogP contribution is -2.52. The molecule has 1 unspecified atom stereocenters.